The number of aliphatic carboxylic acids is 4. The molecule has 1 aliphatic heterocycles. The Morgan fingerprint density at radius 1 is 0.353 bits per heavy atom. The number of carbonyl (C=O) groups is 4. The lowest BCUT2D eigenvalue weighted by Crippen LogP contribution is -2.20. The van der Waals surface area contributed by atoms with Crippen LogP contribution in [0.15, 0.2) is 191 Å². The van der Waals surface area contributed by atoms with Crippen LogP contribution in [0.4, 0.5) is 0 Å². The molecule has 0 radical (unpaired) electrons. The number of H-pyrrole nitrogens is 4. The Morgan fingerprint density at radius 3 is 0.779 bits per heavy atom. The Bertz CT molecular complexity index is 3020. The van der Waals surface area contributed by atoms with Gasteiger partial charge in [0.2, 0.25) is 0 Å². The molecule has 5 aliphatic rings. The lowest BCUT2D eigenvalue weighted by atomic mass is 10.1. The minimum atomic E-state index is -1.06. The molecule has 68 heavy (non-hydrogen) atoms. The standard InChI is InChI=1S/C52H40N4O12/c57-45(58)25-29-1-9-33(10-2-29)65-49-37-17-19-39(53-37)50(66-34-11-3-30(4-12-34)26-46(59)60)41-21-23-43(55-41)52(68-36-15-7-32(8-16-36)28-48(63)64)44-24-22-42(56-44)51(40-20-18-38(49)54-40)67-35-13-5-31(6-14-35)27-47(61)62/h1,3,5,7,9-28,53-56H,2,4,6,8H2,(H,57,58)(H,59,60)(H,61,62)(H,63,64). The van der Waals surface area contributed by atoms with Gasteiger partial charge < -0.3 is 59.3 Å². The lowest BCUT2D eigenvalue weighted by Gasteiger charge is -2.15. The minimum Gasteiger partial charge on any atom is -0.478 e. The SMILES string of the molecule is O=C(O)C=C1C=CC(OC2=c3ccc([nH]3)=C(OC3=CCC(=CC(=O)O)C=C3)c3ccc([nH]3)C(OC3=CCC(=CC(=O)O)C=C3)=c3ccc([nH]3)=C(OC3=CCC(=CC(=O)O)C=C3)c3ccc2[nH]3)=CC1. The quantitative estimate of drug-likeness (QED) is 0.0830. The van der Waals surface area contributed by atoms with Crippen LogP contribution >= 0.6 is 0 Å². The first-order chi connectivity index (χ1) is 32.9. The maximum atomic E-state index is 11.4. The molecule has 0 unspecified atom stereocenters. The molecule has 16 heteroatoms. The molecule has 5 heterocycles. The fourth-order valence-electron chi connectivity index (χ4n) is 7.67. The Labute approximate surface area is 385 Å². The summed E-state index contributed by atoms with van der Waals surface area (Å²) in [4.78, 5) is 59.5. The third kappa shape index (κ3) is 10.2. The number of carboxylic acid groups (broad SMARTS) is 4. The maximum absolute atomic E-state index is 11.4. The van der Waals surface area contributed by atoms with Crippen LogP contribution in [-0.4, -0.2) is 64.2 Å². The van der Waals surface area contributed by atoms with Crippen molar-refractivity contribution in [2.24, 2.45) is 0 Å². The molecule has 8 bridgehead atoms. The summed E-state index contributed by atoms with van der Waals surface area (Å²) in [5, 5.41) is 39.4. The third-order valence-corrected chi connectivity index (χ3v) is 10.8. The molecule has 0 aromatic carbocycles. The highest BCUT2D eigenvalue weighted by Crippen LogP contribution is 2.29. The van der Waals surface area contributed by atoms with Gasteiger partial charge in [0.25, 0.3) is 0 Å². The summed E-state index contributed by atoms with van der Waals surface area (Å²) >= 11 is 0. The molecule has 0 spiro atoms. The zero-order valence-corrected chi connectivity index (χ0v) is 35.7. The Hall–Kier alpha value is -9.44. The zero-order valence-electron chi connectivity index (χ0n) is 35.7. The number of hydrogen-bond donors (Lipinski definition) is 8. The summed E-state index contributed by atoms with van der Waals surface area (Å²) in [7, 11) is 0. The van der Waals surface area contributed by atoms with E-state index in [4.69, 9.17) is 18.9 Å². The van der Waals surface area contributed by atoms with E-state index in [1.807, 2.05) is 48.5 Å². The van der Waals surface area contributed by atoms with Crippen LogP contribution in [0.5, 0.6) is 0 Å². The molecule has 0 saturated heterocycles. The Morgan fingerprint density at radius 2 is 0.588 bits per heavy atom. The summed E-state index contributed by atoms with van der Waals surface area (Å²) < 4.78 is 26.5. The molecular weight excluding hydrogens is 873 g/mol. The van der Waals surface area contributed by atoms with E-state index in [-0.39, 0.29) is 0 Å². The van der Waals surface area contributed by atoms with E-state index in [0.29, 0.717) is 138 Å². The van der Waals surface area contributed by atoms with Crippen molar-refractivity contribution in [2.75, 3.05) is 0 Å². The highest BCUT2D eigenvalue weighted by molar-refractivity contribution is 5.83. The van der Waals surface area contributed by atoms with Crippen LogP contribution in [0.25, 0.3) is 23.0 Å². The topological polar surface area (TPSA) is 249 Å². The van der Waals surface area contributed by atoms with Crippen molar-refractivity contribution >= 4 is 46.9 Å². The van der Waals surface area contributed by atoms with Crippen molar-refractivity contribution in [3.8, 4) is 0 Å². The van der Waals surface area contributed by atoms with E-state index in [2.05, 4.69) is 19.9 Å². The zero-order chi connectivity index (χ0) is 47.3. The van der Waals surface area contributed by atoms with Gasteiger partial charge in [0.1, 0.15) is 23.0 Å². The minimum absolute atomic E-state index is 0.316. The second-order valence-corrected chi connectivity index (χ2v) is 15.7. The lowest BCUT2D eigenvalue weighted by molar-refractivity contribution is -0.132. The number of aromatic nitrogens is 4. The van der Waals surface area contributed by atoms with Gasteiger partial charge in [-0.05, 0) is 145 Å². The number of hydrogen-bond acceptors (Lipinski definition) is 8. The fraction of sp³-hybridized carbons (Fsp3) is 0.0769. The molecule has 0 saturated carbocycles. The number of aromatic amines is 4. The second-order valence-electron chi connectivity index (χ2n) is 15.7. The molecule has 0 amide bonds. The summed E-state index contributed by atoms with van der Waals surface area (Å²) in [5.41, 5.74) is 4.47. The van der Waals surface area contributed by atoms with Crippen molar-refractivity contribution in [3.05, 3.63) is 235 Å². The number of nitrogens with one attached hydrogen (secondary N) is 4. The van der Waals surface area contributed by atoms with Crippen LogP contribution in [0.3, 0.4) is 0 Å². The van der Waals surface area contributed by atoms with Crippen molar-refractivity contribution in [2.45, 2.75) is 25.7 Å². The largest absolute Gasteiger partial charge is 0.478 e. The van der Waals surface area contributed by atoms with Crippen molar-refractivity contribution in [3.63, 3.8) is 0 Å². The summed E-state index contributed by atoms with van der Waals surface area (Å²) in [5.74, 6) is -0.922. The van der Waals surface area contributed by atoms with Crippen molar-refractivity contribution in [1.29, 1.82) is 0 Å². The van der Waals surface area contributed by atoms with Crippen LogP contribution in [-0.2, 0) is 38.1 Å². The first kappa shape index (κ1) is 43.8. The van der Waals surface area contributed by atoms with Gasteiger partial charge in [-0.15, -0.1) is 0 Å². The van der Waals surface area contributed by atoms with Gasteiger partial charge in [-0.2, -0.15) is 0 Å². The summed E-state index contributed by atoms with van der Waals surface area (Å²) in [6.45, 7) is 0. The van der Waals surface area contributed by atoms with E-state index >= 15 is 0 Å². The van der Waals surface area contributed by atoms with Gasteiger partial charge in [0, 0.05) is 24.3 Å². The smallest absolute Gasteiger partial charge is 0.328 e. The highest BCUT2D eigenvalue weighted by atomic mass is 16.5. The Balaban J connectivity index is 1.23. The van der Waals surface area contributed by atoms with Gasteiger partial charge in [-0.1, -0.05) is 24.3 Å². The predicted molar refractivity (Wildman–Crippen MR) is 246 cm³/mol. The molecule has 0 fully saturated rings. The number of ether oxygens (including phenoxy) is 4. The van der Waals surface area contributed by atoms with Gasteiger partial charge >= 0.3 is 23.9 Å². The van der Waals surface area contributed by atoms with Crippen molar-refractivity contribution < 1.29 is 58.6 Å². The van der Waals surface area contributed by atoms with Gasteiger partial charge in [-0.25, -0.2) is 19.2 Å². The van der Waals surface area contributed by atoms with E-state index in [1.54, 1.807) is 72.9 Å². The molecule has 4 aromatic heterocycles. The Kier molecular flexibility index (Phi) is 12.2. The van der Waals surface area contributed by atoms with E-state index < -0.39 is 23.9 Å². The number of fused-ring (bicyclic) bond motifs is 8. The number of carboxylic acids is 4. The van der Waals surface area contributed by atoms with Crippen LogP contribution < -0.4 is 21.4 Å². The summed E-state index contributed by atoms with van der Waals surface area (Å²) in [6.07, 6.45) is 26.4. The molecular formula is C52H40N4O12. The molecule has 4 aliphatic carbocycles. The average molecular weight is 913 g/mol. The predicted octanol–water partition coefficient (Wildman–Crippen LogP) is 5.42. The van der Waals surface area contributed by atoms with E-state index in [1.165, 1.54) is 0 Å². The molecule has 4 aromatic rings. The van der Waals surface area contributed by atoms with Gasteiger partial charge in [-0.3, -0.25) is 0 Å². The van der Waals surface area contributed by atoms with Gasteiger partial charge in [0.15, 0.2) is 23.0 Å². The summed E-state index contributed by atoms with van der Waals surface area (Å²) in [6, 6.07) is 14.6. The first-order valence-electron chi connectivity index (χ1n) is 21.1. The molecule has 8 N–H and O–H groups in total. The molecule has 0 atom stereocenters. The van der Waals surface area contributed by atoms with Gasteiger partial charge in [0.05, 0.1) is 44.2 Å². The average Bonchev–Trinajstić information content (AvgIpc) is 4.16. The maximum Gasteiger partial charge on any atom is 0.328 e. The van der Waals surface area contributed by atoms with Crippen LogP contribution in [0.2, 0.25) is 0 Å². The second kappa shape index (κ2) is 19.0. The first-order valence-corrected chi connectivity index (χ1v) is 21.1. The molecule has 340 valence electrons. The van der Waals surface area contributed by atoms with E-state index in [0.717, 1.165) is 24.3 Å². The van der Waals surface area contributed by atoms with Crippen LogP contribution in [0.1, 0.15) is 48.5 Å². The molecule has 9 rings (SSSR count). The molecule has 16 nitrogen and oxygen atoms in total. The normalized spacial score (nSPS) is 18.9. The highest BCUT2D eigenvalue weighted by Gasteiger charge is 2.21. The monoisotopic (exact) mass is 912 g/mol. The fourth-order valence-corrected chi connectivity index (χ4v) is 7.67. The number of allylic oxidation sites excluding steroid dienone is 16. The third-order valence-electron chi connectivity index (χ3n) is 10.8. The number of rotatable bonds is 12. The van der Waals surface area contributed by atoms with E-state index in [9.17, 15) is 39.6 Å². The van der Waals surface area contributed by atoms with Crippen LogP contribution in [0, 0.1) is 0 Å². The van der Waals surface area contributed by atoms with Crippen molar-refractivity contribution in [1.82, 2.24) is 19.9 Å².